The van der Waals surface area contributed by atoms with Gasteiger partial charge in [0.2, 0.25) is 0 Å². The van der Waals surface area contributed by atoms with E-state index in [-0.39, 0.29) is 0 Å². The lowest BCUT2D eigenvalue weighted by Gasteiger charge is -2.28. The van der Waals surface area contributed by atoms with Crippen LogP contribution < -0.4 is 0 Å². The molecule has 0 saturated carbocycles. The molecule has 0 aromatic rings. The first kappa shape index (κ1) is 19.2. The van der Waals surface area contributed by atoms with Crippen molar-refractivity contribution in [1.29, 1.82) is 0 Å². The smallest absolute Gasteiger partial charge is 0.334 e. The lowest BCUT2D eigenvalue weighted by molar-refractivity contribution is -0.147. The summed E-state index contributed by atoms with van der Waals surface area (Å²) in [5.74, 6) is -1.33. The highest BCUT2D eigenvalue weighted by atomic mass is 16.6. The van der Waals surface area contributed by atoms with Crippen molar-refractivity contribution in [3.63, 3.8) is 0 Å². The largest absolute Gasteiger partial charge is 0.458 e. The number of fused-ring (bicyclic) bond motifs is 1. The van der Waals surface area contributed by atoms with E-state index >= 15 is 0 Å². The van der Waals surface area contributed by atoms with Crippen molar-refractivity contribution in [3.05, 3.63) is 47.1 Å². The van der Waals surface area contributed by atoms with Gasteiger partial charge in [0.1, 0.15) is 12.2 Å². The molecular formula is C20H26O5. The lowest BCUT2D eigenvalue weighted by Crippen LogP contribution is -2.34. The van der Waals surface area contributed by atoms with Crippen LogP contribution in [0.2, 0.25) is 0 Å². The van der Waals surface area contributed by atoms with E-state index in [0.29, 0.717) is 24.0 Å². The highest BCUT2D eigenvalue weighted by molar-refractivity contribution is 5.92. The standard InChI is InChI=1S/C20H26O5/c1-6-13(4)19(22)24-16-9-11(2)7-15(21)8-12(3)10-17-18(16)14(5)20(23)25-17/h6-7,10,15-18,21H,5,8-9H2,1-4H3/b11-7?,12-10+,13-6+/t15-,16-,17-,18-/m1/s1. The molecule has 1 aliphatic carbocycles. The Bertz CT molecular complexity index is 668. The zero-order chi connectivity index (χ0) is 18.7. The van der Waals surface area contributed by atoms with Crippen molar-refractivity contribution in [2.45, 2.75) is 58.8 Å². The number of carbonyl (C=O) groups is 2. The molecule has 5 nitrogen and oxygen atoms in total. The van der Waals surface area contributed by atoms with E-state index in [4.69, 9.17) is 9.47 Å². The number of carbonyl (C=O) groups excluding carboxylic acids is 2. The normalized spacial score (nSPS) is 32.9. The maximum atomic E-state index is 12.3. The molecule has 1 N–H and O–H groups in total. The van der Waals surface area contributed by atoms with Gasteiger partial charge in [-0.3, -0.25) is 0 Å². The predicted molar refractivity (Wildman–Crippen MR) is 94.6 cm³/mol. The van der Waals surface area contributed by atoms with Crippen molar-refractivity contribution in [2.75, 3.05) is 0 Å². The molecule has 0 unspecified atom stereocenters. The Morgan fingerprint density at radius 1 is 1.32 bits per heavy atom. The summed E-state index contributed by atoms with van der Waals surface area (Å²) in [6.07, 6.45) is 4.39. The summed E-state index contributed by atoms with van der Waals surface area (Å²) in [7, 11) is 0. The fourth-order valence-electron chi connectivity index (χ4n) is 3.22. The molecule has 0 radical (unpaired) electrons. The Labute approximate surface area is 148 Å². The van der Waals surface area contributed by atoms with Crippen LogP contribution in [0.1, 0.15) is 40.5 Å². The molecule has 0 aromatic heterocycles. The molecule has 0 aromatic carbocycles. The van der Waals surface area contributed by atoms with E-state index in [2.05, 4.69) is 6.58 Å². The van der Waals surface area contributed by atoms with E-state index in [0.717, 1.165) is 11.1 Å². The topological polar surface area (TPSA) is 72.8 Å². The van der Waals surface area contributed by atoms with Crippen molar-refractivity contribution in [2.24, 2.45) is 5.92 Å². The van der Waals surface area contributed by atoms with E-state index in [1.807, 2.05) is 19.9 Å². The molecule has 1 fully saturated rings. The van der Waals surface area contributed by atoms with E-state index in [1.165, 1.54) is 0 Å². The minimum absolute atomic E-state index is 0.318. The van der Waals surface area contributed by atoms with E-state index in [1.54, 1.807) is 26.0 Å². The quantitative estimate of drug-likeness (QED) is 0.473. The second-order valence-electron chi connectivity index (χ2n) is 6.84. The van der Waals surface area contributed by atoms with Gasteiger partial charge >= 0.3 is 11.9 Å². The third-order valence-corrected chi connectivity index (χ3v) is 4.66. The van der Waals surface area contributed by atoms with Crippen molar-refractivity contribution >= 4 is 11.9 Å². The SMILES string of the molecule is C=C1C(=O)O[C@@H]2/C=C(\C)C[C@H](O)C=C(C)C[C@@H](OC(=O)/C(C)=C/C)[C@@H]12. The number of hydrogen-bond acceptors (Lipinski definition) is 5. The fourth-order valence-corrected chi connectivity index (χ4v) is 3.22. The predicted octanol–water partition coefficient (Wildman–Crippen LogP) is 3.01. The van der Waals surface area contributed by atoms with Gasteiger partial charge in [-0.25, -0.2) is 9.59 Å². The Morgan fingerprint density at radius 2 is 1.96 bits per heavy atom. The molecule has 0 bridgehead atoms. The van der Waals surface area contributed by atoms with Crippen molar-refractivity contribution in [3.8, 4) is 0 Å². The minimum Gasteiger partial charge on any atom is -0.458 e. The molecular weight excluding hydrogens is 320 g/mol. The van der Waals surface area contributed by atoms with Crippen LogP contribution in [0.3, 0.4) is 0 Å². The molecule has 25 heavy (non-hydrogen) atoms. The van der Waals surface area contributed by atoms with Gasteiger partial charge < -0.3 is 14.6 Å². The van der Waals surface area contributed by atoms with Crippen LogP contribution in [0.15, 0.2) is 47.1 Å². The zero-order valence-electron chi connectivity index (χ0n) is 15.2. The number of esters is 2. The number of aliphatic hydroxyl groups is 1. The second kappa shape index (κ2) is 7.83. The first-order chi connectivity index (χ1) is 11.7. The van der Waals surface area contributed by atoms with Crippen LogP contribution in [0, 0.1) is 5.92 Å². The van der Waals surface area contributed by atoms with Gasteiger partial charge in [0, 0.05) is 17.6 Å². The Morgan fingerprint density at radius 3 is 2.60 bits per heavy atom. The molecule has 0 amide bonds. The molecule has 1 aliphatic heterocycles. The molecule has 0 spiro atoms. The Balaban J connectivity index is 2.42. The number of allylic oxidation sites excluding steroid dienone is 1. The van der Waals surface area contributed by atoms with Crippen molar-refractivity contribution < 1.29 is 24.2 Å². The summed E-state index contributed by atoms with van der Waals surface area (Å²) in [5, 5.41) is 10.2. The molecule has 2 aliphatic rings. The van der Waals surface area contributed by atoms with Crippen molar-refractivity contribution in [1.82, 2.24) is 0 Å². The van der Waals surface area contributed by atoms with Crippen LogP contribution in [-0.2, 0) is 19.1 Å². The monoisotopic (exact) mass is 346 g/mol. The number of hydrogen-bond donors (Lipinski definition) is 1. The van der Waals surface area contributed by atoms with Crippen LogP contribution in [0.4, 0.5) is 0 Å². The average molecular weight is 346 g/mol. The van der Waals surface area contributed by atoms with Gasteiger partial charge in [-0.2, -0.15) is 0 Å². The van der Waals surface area contributed by atoms with Crippen LogP contribution in [-0.4, -0.2) is 35.4 Å². The zero-order valence-corrected chi connectivity index (χ0v) is 15.2. The van der Waals surface area contributed by atoms with E-state index in [9.17, 15) is 14.7 Å². The first-order valence-electron chi connectivity index (χ1n) is 8.49. The maximum Gasteiger partial charge on any atom is 0.334 e. The van der Waals surface area contributed by atoms with Crippen LogP contribution in [0.5, 0.6) is 0 Å². The average Bonchev–Trinajstić information content (AvgIpc) is 2.78. The highest BCUT2D eigenvalue weighted by Gasteiger charge is 2.44. The number of aliphatic hydroxyl groups excluding tert-OH is 1. The summed E-state index contributed by atoms with van der Waals surface area (Å²) < 4.78 is 11.1. The maximum absolute atomic E-state index is 12.3. The third kappa shape index (κ3) is 4.48. The molecule has 136 valence electrons. The fraction of sp³-hybridized carbons (Fsp3) is 0.500. The van der Waals surface area contributed by atoms with Gasteiger partial charge in [-0.1, -0.05) is 29.9 Å². The minimum atomic E-state index is -0.623. The van der Waals surface area contributed by atoms with Gasteiger partial charge in [0.25, 0.3) is 0 Å². The lowest BCUT2D eigenvalue weighted by atomic mass is 9.85. The summed E-state index contributed by atoms with van der Waals surface area (Å²) in [4.78, 5) is 24.3. The summed E-state index contributed by atoms with van der Waals surface area (Å²) in [5.41, 5.74) is 2.62. The molecule has 4 atom stereocenters. The molecule has 2 rings (SSSR count). The molecule has 1 saturated heterocycles. The third-order valence-electron chi connectivity index (χ3n) is 4.66. The number of rotatable bonds is 2. The number of ether oxygens (including phenoxy) is 2. The Hall–Kier alpha value is -2.14. The second-order valence-corrected chi connectivity index (χ2v) is 6.84. The Kier molecular flexibility index (Phi) is 6.01. The van der Waals surface area contributed by atoms with Crippen LogP contribution >= 0.6 is 0 Å². The summed E-state index contributed by atoms with van der Waals surface area (Å²) in [6, 6.07) is 0. The van der Waals surface area contributed by atoms with E-state index < -0.39 is 36.2 Å². The van der Waals surface area contributed by atoms with Gasteiger partial charge in [-0.15, -0.1) is 0 Å². The van der Waals surface area contributed by atoms with Crippen LogP contribution in [0.25, 0.3) is 0 Å². The summed E-state index contributed by atoms with van der Waals surface area (Å²) >= 11 is 0. The first-order valence-corrected chi connectivity index (χ1v) is 8.49. The highest BCUT2D eigenvalue weighted by Crippen LogP contribution is 2.36. The van der Waals surface area contributed by atoms with Gasteiger partial charge in [-0.05, 0) is 40.2 Å². The summed E-state index contributed by atoms with van der Waals surface area (Å²) in [6.45, 7) is 11.1. The van der Waals surface area contributed by atoms with Gasteiger partial charge in [0.15, 0.2) is 0 Å². The molecule has 5 heteroatoms. The molecule has 1 heterocycles. The van der Waals surface area contributed by atoms with Gasteiger partial charge in [0.05, 0.1) is 12.0 Å².